The molecule has 3 nitrogen and oxygen atoms in total. The van der Waals surface area contributed by atoms with E-state index in [2.05, 4.69) is 33.8 Å². The maximum atomic E-state index is 12.0. The van der Waals surface area contributed by atoms with Gasteiger partial charge in [0, 0.05) is 11.5 Å². The topological polar surface area (TPSA) is 38.8 Å². The van der Waals surface area contributed by atoms with Crippen LogP contribution in [0.1, 0.15) is 66.2 Å². The first kappa shape index (κ1) is 15.7. The summed E-state index contributed by atoms with van der Waals surface area (Å²) in [5, 5.41) is 0. The minimum atomic E-state index is -0.0601. The number of carbonyl (C=O) groups excluding carboxylic acids is 1. The van der Waals surface area contributed by atoms with Gasteiger partial charge in [-0.05, 0) is 62.7 Å². The average Bonchev–Trinajstić information content (AvgIpc) is 2.90. The van der Waals surface area contributed by atoms with Gasteiger partial charge in [-0.3, -0.25) is 0 Å². The van der Waals surface area contributed by atoms with Crippen LogP contribution in [0.2, 0.25) is 0 Å². The number of fused-ring (bicyclic) bond motifs is 3. The van der Waals surface area contributed by atoms with Crippen LogP contribution < -0.4 is 0 Å². The Morgan fingerprint density at radius 2 is 1.96 bits per heavy atom. The number of hydrogen-bond donors (Lipinski definition) is 0. The van der Waals surface area contributed by atoms with Gasteiger partial charge in [0.2, 0.25) is 0 Å². The lowest BCUT2D eigenvalue weighted by atomic mass is 9.47. The van der Waals surface area contributed by atoms with Crippen LogP contribution in [0, 0.1) is 22.7 Å². The Kier molecular flexibility index (Phi) is 3.30. The van der Waals surface area contributed by atoms with Gasteiger partial charge in [-0.15, -0.1) is 0 Å². The average molecular weight is 318 g/mol. The highest BCUT2D eigenvalue weighted by atomic mass is 16.6. The van der Waals surface area contributed by atoms with Gasteiger partial charge in [-0.25, -0.2) is 4.79 Å². The van der Waals surface area contributed by atoms with Crippen LogP contribution in [0.4, 0.5) is 0 Å². The lowest BCUT2D eigenvalue weighted by molar-refractivity contribution is -0.135. The zero-order chi connectivity index (χ0) is 16.5. The van der Waals surface area contributed by atoms with Crippen LogP contribution in [-0.4, -0.2) is 24.3 Å². The first-order valence-electron chi connectivity index (χ1n) is 9.31. The van der Waals surface area contributed by atoms with Crippen LogP contribution in [0.15, 0.2) is 11.6 Å². The van der Waals surface area contributed by atoms with E-state index in [0.29, 0.717) is 30.0 Å². The predicted molar refractivity (Wildman–Crippen MR) is 88.9 cm³/mol. The molecule has 0 bridgehead atoms. The van der Waals surface area contributed by atoms with Crippen LogP contribution >= 0.6 is 0 Å². The summed E-state index contributed by atoms with van der Waals surface area (Å²) in [7, 11) is 0. The van der Waals surface area contributed by atoms with Crippen molar-refractivity contribution in [3.05, 3.63) is 11.6 Å². The molecule has 0 radical (unpaired) electrons. The molecule has 0 unspecified atom stereocenters. The van der Waals surface area contributed by atoms with Crippen molar-refractivity contribution < 1.29 is 14.3 Å². The Hall–Kier alpha value is -0.830. The fraction of sp³-hybridized carbons (Fsp3) is 0.850. The zero-order valence-electron chi connectivity index (χ0n) is 15.0. The molecule has 23 heavy (non-hydrogen) atoms. The van der Waals surface area contributed by atoms with Gasteiger partial charge in [0.1, 0.15) is 0 Å². The highest BCUT2D eigenvalue weighted by Gasteiger charge is 2.57. The number of cyclic esters (lactones) is 1. The molecule has 3 fully saturated rings. The van der Waals surface area contributed by atoms with Crippen LogP contribution in [-0.2, 0) is 14.3 Å². The third-order valence-electron chi connectivity index (χ3n) is 7.60. The molecule has 4 aliphatic rings. The summed E-state index contributed by atoms with van der Waals surface area (Å²) in [5.74, 6) is 0.922. The number of carbonyl (C=O) groups is 1. The molecule has 0 aromatic heterocycles. The Bertz CT molecular complexity index is 563. The Balaban J connectivity index is 1.56. The van der Waals surface area contributed by atoms with Gasteiger partial charge in [-0.2, -0.15) is 0 Å². The first-order chi connectivity index (χ1) is 10.8. The van der Waals surface area contributed by atoms with Crippen molar-refractivity contribution in [1.82, 2.24) is 0 Å². The fourth-order valence-corrected chi connectivity index (χ4v) is 5.98. The molecule has 1 saturated carbocycles. The van der Waals surface area contributed by atoms with E-state index in [1.165, 1.54) is 32.1 Å². The summed E-state index contributed by atoms with van der Waals surface area (Å²) in [6.45, 7) is 9.91. The van der Waals surface area contributed by atoms with Crippen molar-refractivity contribution >= 4 is 5.97 Å². The zero-order valence-corrected chi connectivity index (χ0v) is 15.0. The standard InChI is InChI=1S/C20H30O3/c1-18(2)16(23-18)8-11-19(3)9-5-10-20(4)14-12-22-17(21)13(14)6-7-15(19)20/h6,14-16H,5,7-12H2,1-4H3/t14-,15-,16+,19-,20+/m0/s1. The smallest absolute Gasteiger partial charge is 0.334 e. The minimum absolute atomic E-state index is 0.0601. The summed E-state index contributed by atoms with van der Waals surface area (Å²) in [6.07, 6.45) is 9.92. The Morgan fingerprint density at radius 1 is 1.22 bits per heavy atom. The summed E-state index contributed by atoms with van der Waals surface area (Å²) in [6, 6.07) is 0. The molecule has 0 spiro atoms. The van der Waals surface area contributed by atoms with Crippen LogP contribution in [0.5, 0.6) is 0 Å². The quantitative estimate of drug-likeness (QED) is 0.576. The van der Waals surface area contributed by atoms with E-state index in [1.807, 2.05) is 0 Å². The monoisotopic (exact) mass is 318 g/mol. The van der Waals surface area contributed by atoms with E-state index in [0.717, 1.165) is 12.0 Å². The van der Waals surface area contributed by atoms with Crippen molar-refractivity contribution in [2.75, 3.05) is 6.61 Å². The predicted octanol–water partition coefficient (Wildman–Crippen LogP) is 4.26. The molecule has 0 N–H and O–H groups in total. The second-order valence-electron chi connectivity index (χ2n) is 9.36. The Labute approximate surface area is 139 Å². The summed E-state index contributed by atoms with van der Waals surface area (Å²) < 4.78 is 11.2. The minimum Gasteiger partial charge on any atom is -0.462 e. The summed E-state index contributed by atoms with van der Waals surface area (Å²) in [4.78, 5) is 12.0. The van der Waals surface area contributed by atoms with E-state index in [1.54, 1.807) is 0 Å². The van der Waals surface area contributed by atoms with E-state index in [9.17, 15) is 4.79 Å². The first-order valence-corrected chi connectivity index (χ1v) is 9.31. The largest absolute Gasteiger partial charge is 0.462 e. The number of esters is 1. The third-order valence-corrected chi connectivity index (χ3v) is 7.60. The molecule has 0 aromatic rings. The highest BCUT2D eigenvalue weighted by molar-refractivity contribution is 5.91. The van der Waals surface area contributed by atoms with Crippen LogP contribution in [0.3, 0.4) is 0 Å². The van der Waals surface area contributed by atoms with E-state index >= 15 is 0 Å². The summed E-state index contributed by atoms with van der Waals surface area (Å²) in [5.41, 5.74) is 1.66. The molecule has 0 aromatic carbocycles. The van der Waals surface area contributed by atoms with E-state index in [4.69, 9.17) is 9.47 Å². The lowest BCUT2D eigenvalue weighted by Crippen LogP contribution is -2.50. The molecular weight excluding hydrogens is 288 g/mol. The van der Waals surface area contributed by atoms with Crippen molar-refractivity contribution in [3.8, 4) is 0 Å². The van der Waals surface area contributed by atoms with E-state index < -0.39 is 0 Å². The highest BCUT2D eigenvalue weighted by Crippen LogP contribution is 2.62. The van der Waals surface area contributed by atoms with E-state index in [-0.39, 0.29) is 17.0 Å². The van der Waals surface area contributed by atoms with Gasteiger partial charge < -0.3 is 9.47 Å². The second-order valence-corrected chi connectivity index (χ2v) is 9.36. The molecule has 5 atom stereocenters. The summed E-state index contributed by atoms with van der Waals surface area (Å²) >= 11 is 0. The molecule has 128 valence electrons. The number of ether oxygens (including phenoxy) is 2. The Morgan fingerprint density at radius 3 is 2.65 bits per heavy atom. The van der Waals surface area contributed by atoms with Gasteiger partial charge in [0.05, 0.1) is 18.3 Å². The maximum Gasteiger partial charge on any atom is 0.334 e. The molecule has 3 heteroatoms. The van der Waals surface area contributed by atoms with Crippen LogP contribution in [0.25, 0.3) is 0 Å². The van der Waals surface area contributed by atoms with Crippen molar-refractivity contribution in [2.45, 2.75) is 77.9 Å². The normalized spacial score (nSPS) is 47.4. The molecule has 0 amide bonds. The van der Waals surface area contributed by atoms with Crippen molar-refractivity contribution in [1.29, 1.82) is 0 Å². The molecule has 2 aliphatic heterocycles. The number of allylic oxidation sites excluding steroid dienone is 1. The second kappa shape index (κ2) is 4.84. The van der Waals surface area contributed by atoms with Crippen molar-refractivity contribution in [3.63, 3.8) is 0 Å². The third kappa shape index (κ3) is 2.30. The van der Waals surface area contributed by atoms with Crippen molar-refractivity contribution in [2.24, 2.45) is 22.7 Å². The SMILES string of the molecule is CC1(C)O[C@@H]1CC[C@]1(C)CCC[C@]2(C)[C@H]3COC(=O)C3=CC[C@@H]12. The number of rotatable bonds is 3. The molecule has 4 rings (SSSR count). The molecule has 2 saturated heterocycles. The molecular formula is C20H30O3. The van der Waals surface area contributed by atoms with Gasteiger partial charge in [-0.1, -0.05) is 26.3 Å². The van der Waals surface area contributed by atoms with Gasteiger partial charge in [0.25, 0.3) is 0 Å². The lowest BCUT2D eigenvalue weighted by Gasteiger charge is -2.56. The maximum absolute atomic E-state index is 12.0. The van der Waals surface area contributed by atoms with Gasteiger partial charge >= 0.3 is 5.97 Å². The van der Waals surface area contributed by atoms with Gasteiger partial charge in [0.15, 0.2) is 0 Å². The molecule has 2 heterocycles. The number of epoxide rings is 1. The fourth-order valence-electron chi connectivity index (χ4n) is 5.98. The molecule has 2 aliphatic carbocycles. The number of hydrogen-bond acceptors (Lipinski definition) is 3.